The Labute approximate surface area is 247 Å². The van der Waals surface area contributed by atoms with Gasteiger partial charge < -0.3 is 37.5 Å². The van der Waals surface area contributed by atoms with Crippen LogP contribution in [0.1, 0.15) is 24.0 Å². The lowest BCUT2D eigenvalue weighted by molar-refractivity contribution is -0.141. The van der Waals surface area contributed by atoms with Crippen LogP contribution in [0, 0.1) is 0 Å². The number of carboxylic acid groups (broad SMARTS) is 1. The molecule has 13 heteroatoms. The van der Waals surface area contributed by atoms with Gasteiger partial charge in [-0.3, -0.25) is 24.0 Å². The van der Waals surface area contributed by atoms with Crippen molar-refractivity contribution in [3.63, 3.8) is 0 Å². The van der Waals surface area contributed by atoms with Crippen molar-refractivity contribution in [2.75, 3.05) is 12.0 Å². The summed E-state index contributed by atoms with van der Waals surface area (Å²) < 4.78 is 0. The molecule has 42 heavy (non-hydrogen) atoms. The van der Waals surface area contributed by atoms with E-state index in [-0.39, 0.29) is 19.3 Å². The number of hydrogen-bond acceptors (Lipinski definition) is 7. The van der Waals surface area contributed by atoms with Crippen molar-refractivity contribution in [2.24, 2.45) is 11.5 Å². The standard InChI is InChI=1S/C29H36N6O6S/c1-42-12-11-22(33-27(39)20(30)14-18-16-32-21-10-6-5-9-19(18)21)28(40)35-24(15-25(36)37)29(41)34-23(26(31)38)13-17-7-3-2-4-8-17/h2-10,16,20,22-24,32H,11-15,30H2,1H3,(H2,31,38)(H,33,39)(H,34,41)(H,35,40)(H,36,37)/t20-,22-,23-,24+/m0/s1. The average Bonchev–Trinajstić information content (AvgIpc) is 3.37. The van der Waals surface area contributed by atoms with E-state index in [2.05, 4.69) is 20.9 Å². The zero-order valence-corrected chi connectivity index (χ0v) is 24.0. The predicted octanol–water partition coefficient (Wildman–Crippen LogP) is 0.448. The van der Waals surface area contributed by atoms with Crippen molar-refractivity contribution < 1.29 is 29.1 Å². The predicted molar refractivity (Wildman–Crippen MR) is 160 cm³/mol. The molecule has 4 atom stereocenters. The maximum absolute atomic E-state index is 13.3. The van der Waals surface area contributed by atoms with Crippen molar-refractivity contribution >= 4 is 52.3 Å². The lowest BCUT2D eigenvalue weighted by Gasteiger charge is -2.25. The van der Waals surface area contributed by atoms with Gasteiger partial charge in [0.1, 0.15) is 18.1 Å². The molecule has 1 heterocycles. The lowest BCUT2D eigenvalue weighted by atomic mass is 10.0. The van der Waals surface area contributed by atoms with Gasteiger partial charge in [-0.25, -0.2) is 0 Å². The molecular weight excluding hydrogens is 560 g/mol. The summed E-state index contributed by atoms with van der Waals surface area (Å²) >= 11 is 1.44. The van der Waals surface area contributed by atoms with Crippen molar-refractivity contribution in [1.82, 2.24) is 20.9 Å². The number of nitrogens with two attached hydrogens (primary N) is 2. The minimum Gasteiger partial charge on any atom is -0.481 e. The summed E-state index contributed by atoms with van der Waals surface area (Å²) in [6, 6.07) is 11.7. The first-order chi connectivity index (χ1) is 20.1. The summed E-state index contributed by atoms with van der Waals surface area (Å²) in [5.74, 6) is -3.89. The Hall–Kier alpha value is -4.36. The molecule has 0 spiro atoms. The Morgan fingerprint density at radius 1 is 0.857 bits per heavy atom. The fourth-order valence-electron chi connectivity index (χ4n) is 4.41. The molecule has 0 saturated heterocycles. The van der Waals surface area contributed by atoms with E-state index in [0.29, 0.717) is 5.75 Å². The summed E-state index contributed by atoms with van der Waals surface area (Å²) in [5.41, 5.74) is 14.1. The van der Waals surface area contributed by atoms with Gasteiger partial charge >= 0.3 is 5.97 Å². The van der Waals surface area contributed by atoms with Crippen LogP contribution in [0.2, 0.25) is 0 Å². The number of H-pyrrole nitrogens is 1. The van der Waals surface area contributed by atoms with Crippen LogP contribution in [0.3, 0.4) is 0 Å². The third kappa shape index (κ3) is 9.35. The monoisotopic (exact) mass is 596 g/mol. The molecule has 2 aromatic carbocycles. The Bertz CT molecular complexity index is 1400. The first kappa shape index (κ1) is 32.2. The number of carboxylic acids is 1. The van der Waals surface area contributed by atoms with Crippen LogP contribution in [-0.2, 0) is 36.8 Å². The van der Waals surface area contributed by atoms with Crippen molar-refractivity contribution in [3.8, 4) is 0 Å². The number of aromatic nitrogens is 1. The number of aromatic amines is 1. The number of nitrogens with one attached hydrogen (secondary N) is 4. The molecule has 12 nitrogen and oxygen atoms in total. The Morgan fingerprint density at radius 3 is 2.14 bits per heavy atom. The number of primary amides is 1. The Morgan fingerprint density at radius 2 is 1.48 bits per heavy atom. The molecule has 0 saturated carbocycles. The fraction of sp³-hybridized carbons (Fsp3) is 0.345. The summed E-state index contributed by atoms with van der Waals surface area (Å²) in [6.45, 7) is 0. The molecule has 0 unspecified atom stereocenters. The highest BCUT2D eigenvalue weighted by molar-refractivity contribution is 7.98. The van der Waals surface area contributed by atoms with Crippen LogP contribution in [-0.4, -0.2) is 75.9 Å². The molecule has 4 amide bonds. The Kier molecular flexibility index (Phi) is 11.9. The van der Waals surface area contributed by atoms with Gasteiger partial charge in [0.05, 0.1) is 12.5 Å². The quantitative estimate of drug-likeness (QED) is 0.123. The molecule has 0 fully saturated rings. The highest BCUT2D eigenvalue weighted by Gasteiger charge is 2.31. The maximum Gasteiger partial charge on any atom is 0.305 e. The number of rotatable bonds is 16. The number of amides is 4. The molecule has 0 radical (unpaired) electrons. The zero-order valence-electron chi connectivity index (χ0n) is 23.2. The van der Waals surface area contributed by atoms with Crippen LogP contribution in [0.25, 0.3) is 10.9 Å². The number of thioether (sulfide) groups is 1. The zero-order chi connectivity index (χ0) is 30.6. The summed E-state index contributed by atoms with van der Waals surface area (Å²) in [5, 5.41) is 17.9. The molecule has 0 aliphatic rings. The number of fused-ring (bicyclic) bond motifs is 1. The van der Waals surface area contributed by atoms with E-state index < -0.39 is 60.2 Å². The van der Waals surface area contributed by atoms with E-state index in [1.807, 2.05) is 30.5 Å². The fourth-order valence-corrected chi connectivity index (χ4v) is 4.89. The van der Waals surface area contributed by atoms with Gasteiger partial charge in [0, 0.05) is 23.5 Å². The Balaban J connectivity index is 1.69. The molecule has 3 aromatic rings. The van der Waals surface area contributed by atoms with Crippen molar-refractivity contribution in [2.45, 2.75) is 49.9 Å². The van der Waals surface area contributed by atoms with E-state index in [4.69, 9.17) is 11.5 Å². The minimum atomic E-state index is -1.53. The van der Waals surface area contributed by atoms with Crippen LogP contribution >= 0.6 is 11.8 Å². The van der Waals surface area contributed by atoms with E-state index in [9.17, 15) is 29.1 Å². The minimum absolute atomic E-state index is 0.0797. The SMILES string of the molecule is CSCC[C@H](NC(=O)[C@@H](N)Cc1c[nH]c2ccccc12)C(=O)N[C@H](CC(=O)O)C(=O)N[C@@H](Cc1ccccc1)C(N)=O. The number of benzene rings is 2. The highest BCUT2D eigenvalue weighted by Crippen LogP contribution is 2.19. The first-order valence-corrected chi connectivity index (χ1v) is 14.7. The van der Waals surface area contributed by atoms with Crippen LogP contribution in [0.4, 0.5) is 0 Å². The smallest absolute Gasteiger partial charge is 0.305 e. The number of carbonyl (C=O) groups excluding carboxylic acids is 4. The number of para-hydroxylation sites is 1. The summed E-state index contributed by atoms with van der Waals surface area (Å²) in [6.07, 6.45) is 3.36. The normalized spacial score (nSPS) is 13.9. The van der Waals surface area contributed by atoms with E-state index in [0.717, 1.165) is 22.0 Å². The van der Waals surface area contributed by atoms with Gasteiger partial charge in [-0.15, -0.1) is 0 Å². The van der Waals surface area contributed by atoms with Crippen LogP contribution in [0.5, 0.6) is 0 Å². The molecular formula is C29H36N6O6S. The van der Waals surface area contributed by atoms with E-state index in [1.165, 1.54) is 11.8 Å². The molecule has 9 N–H and O–H groups in total. The molecule has 3 rings (SSSR count). The summed E-state index contributed by atoms with van der Waals surface area (Å²) in [4.78, 5) is 66.1. The van der Waals surface area contributed by atoms with Gasteiger partial charge in [-0.05, 0) is 42.0 Å². The number of aliphatic carboxylic acids is 1. The molecule has 0 aliphatic carbocycles. The van der Waals surface area contributed by atoms with Crippen LogP contribution in [0.15, 0.2) is 60.8 Å². The summed E-state index contributed by atoms with van der Waals surface area (Å²) in [7, 11) is 0. The second-order valence-electron chi connectivity index (χ2n) is 9.83. The van der Waals surface area contributed by atoms with Gasteiger partial charge in [0.25, 0.3) is 0 Å². The van der Waals surface area contributed by atoms with E-state index in [1.54, 1.807) is 36.5 Å². The topological polar surface area (TPSA) is 209 Å². The first-order valence-electron chi connectivity index (χ1n) is 13.3. The van der Waals surface area contributed by atoms with Crippen molar-refractivity contribution in [1.29, 1.82) is 0 Å². The van der Waals surface area contributed by atoms with Crippen molar-refractivity contribution in [3.05, 3.63) is 71.9 Å². The maximum atomic E-state index is 13.3. The van der Waals surface area contributed by atoms with Gasteiger partial charge in [-0.2, -0.15) is 11.8 Å². The van der Waals surface area contributed by atoms with Crippen LogP contribution < -0.4 is 27.4 Å². The lowest BCUT2D eigenvalue weighted by Crippen LogP contribution is -2.58. The average molecular weight is 597 g/mol. The number of hydrogen-bond donors (Lipinski definition) is 7. The molecule has 0 aliphatic heterocycles. The highest BCUT2D eigenvalue weighted by atomic mass is 32.2. The molecule has 224 valence electrons. The molecule has 0 bridgehead atoms. The largest absolute Gasteiger partial charge is 0.481 e. The second-order valence-corrected chi connectivity index (χ2v) is 10.8. The van der Waals surface area contributed by atoms with Gasteiger partial charge in [0.2, 0.25) is 23.6 Å². The third-order valence-corrected chi connectivity index (χ3v) is 7.29. The molecule has 1 aromatic heterocycles. The third-order valence-electron chi connectivity index (χ3n) is 6.65. The van der Waals surface area contributed by atoms with E-state index >= 15 is 0 Å². The van der Waals surface area contributed by atoms with Gasteiger partial charge in [-0.1, -0.05) is 48.5 Å². The van der Waals surface area contributed by atoms with Gasteiger partial charge in [0.15, 0.2) is 0 Å². The number of carbonyl (C=O) groups is 5. The second kappa shape index (κ2) is 15.6.